The largest absolute Gasteiger partial charge is 0.455 e. The van der Waals surface area contributed by atoms with Crippen molar-refractivity contribution in [3.8, 4) is 5.88 Å². The van der Waals surface area contributed by atoms with Gasteiger partial charge in [-0.25, -0.2) is 4.98 Å². The standard InChI is InChI=1S/C24H23Cl2N5O2/c1-13-9-15(10-14-7-8-28-24(2,3)19(13)14)29-23-27-11-16-21(30-23)33-12-31(22(16)32)20-17(25)5-4-6-18(20)26/h4-6,9-11,28H,7-8,12H2,1-3H3,(H,27,29,30). The molecule has 0 unspecified atom stereocenters. The van der Waals surface area contributed by atoms with Crippen molar-refractivity contribution in [2.24, 2.45) is 0 Å². The van der Waals surface area contributed by atoms with Gasteiger partial charge in [0.15, 0.2) is 6.73 Å². The number of hydrogen-bond acceptors (Lipinski definition) is 6. The molecule has 0 saturated heterocycles. The minimum Gasteiger partial charge on any atom is -0.455 e. The fourth-order valence-electron chi connectivity index (χ4n) is 4.68. The van der Waals surface area contributed by atoms with Crippen molar-refractivity contribution in [2.75, 3.05) is 23.5 Å². The highest BCUT2D eigenvalue weighted by atomic mass is 35.5. The molecule has 3 heterocycles. The van der Waals surface area contributed by atoms with Crippen LogP contribution in [0.15, 0.2) is 36.5 Å². The van der Waals surface area contributed by atoms with Crippen molar-refractivity contribution in [3.63, 3.8) is 0 Å². The molecule has 3 aromatic rings. The second kappa shape index (κ2) is 8.17. The van der Waals surface area contributed by atoms with Gasteiger partial charge < -0.3 is 15.4 Å². The first-order valence-corrected chi connectivity index (χ1v) is 11.4. The highest BCUT2D eigenvalue weighted by molar-refractivity contribution is 6.40. The Morgan fingerprint density at radius 2 is 1.97 bits per heavy atom. The number of carbonyl (C=O) groups is 1. The molecule has 0 spiro atoms. The molecular formula is C24H23Cl2N5O2. The molecule has 7 nitrogen and oxygen atoms in total. The zero-order valence-corrected chi connectivity index (χ0v) is 20.0. The molecule has 5 rings (SSSR count). The number of aromatic nitrogens is 2. The third-order valence-corrected chi connectivity index (χ3v) is 6.64. The smallest absolute Gasteiger partial charge is 0.268 e. The summed E-state index contributed by atoms with van der Waals surface area (Å²) < 4.78 is 5.78. The molecular weight excluding hydrogens is 461 g/mol. The van der Waals surface area contributed by atoms with E-state index in [-0.39, 0.29) is 29.6 Å². The molecule has 1 amide bonds. The van der Waals surface area contributed by atoms with E-state index in [1.165, 1.54) is 27.8 Å². The van der Waals surface area contributed by atoms with Crippen molar-refractivity contribution < 1.29 is 9.53 Å². The average Bonchev–Trinajstić information content (AvgIpc) is 2.74. The Kier molecular flexibility index (Phi) is 5.43. The Labute approximate surface area is 202 Å². The molecule has 0 atom stereocenters. The molecule has 2 aliphatic heterocycles. The Hall–Kier alpha value is -2.87. The number of hydrogen-bond donors (Lipinski definition) is 2. The van der Waals surface area contributed by atoms with Gasteiger partial charge in [-0.05, 0) is 74.7 Å². The minimum absolute atomic E-state index is 0.0498. The number of anilines is 3. The van der Waals surface area contributed by atoms with Gasteiger partial charge in [-0.1, -0.05) is 29.3 Å². The number of aryl methyl sites for hydroxylation is 1. The SMILES string of the molecule is Cc1cc(Nc2ncc3c(n2)OCN(c2c(Cl)cccc2Cl)C3=O)cc2c1C(C)(C)NCC2. The van der Waals surface area contributed by atoms with Crippen molar-refractivity contribution >= 4 is 46.4 Å². The molecule has 0 saturated carbocycles. The van der Waals surface area contributed by atoms with Gasteiger partial charge in [0.2, 0.25) is 11.8 Å². The predicted molar refractivity (Wildman–Crippen MR) is 130 cm³/mol. The van der Waals surface area contributed by atoms with Crippen molar-refractivity contribution in [1.29, 1.82) is 0 Å². The molecule has 1 aromatic heterocycles. The molecule has 33 heavy (non-hydrogen) atoms. The number of para-hydroxylation sites is 1. The summed E-state index contributed by atoms with van der Waals surface area (Å²) in [7, 11) is 0. The second-order valence-corrected chi connectivity index (χ2v) is 9.56. The molecule has 0 fully saturated rings. The molecule has 2 N–H and O–H groups in total. The first-order valence-electron chi connectivity index (χ1n) is 10.7. The maximum atomic E-state index is 13.1. The average molecular weight is 484 g/mol. The molecule has 170 valence electrons. The van der Waals surface area contributed by atoms with Crippen LogP contribution in [0.25, 0.3) is 0 Å². The number of halogens is 2. The lowest BCUT2D eigenvalue weighted by Crippen LogP contribution is -2.43. The van der Waals surface area contributed by atoms with Crippen LogP contribution in [0, 0.1) is 6.92 Å². The van der Waals surface area contributed by atoms with Crippen LogP contribution >= 0.6 is 23.2 Å². The van der Waals surface area contributed by atoms with Gasteiger partial charge in [-0.15, -0.1) is 0 Å². The van der Waals surface area contributed by atoms with Crippen LogP contribution in [0.2, 0.25) is 10.0 Å². The van der Waals surface area contributed by atoms with Crippen LogP contribution < -0.4 is 20.3 Å². The lowest BCUT2D eigenvalue weighted by Gasteiger charge is -2.35. The summed E-state index contributed by atoms with van der Waals surface area (Å²) in [6.07, 6.45) is 2.42. The summed E-state index contributed by atoms with van der Waals surface area (Å²) in [5.41, 5.74) is 5.32. The van der Waals surface area contributed by atoms with Crippen LogP contribution in [0.1, 0.15) is 40.9 Å². The van der Waals surface area contributed by atoms with Crippen LogP contribution in [-0.4, -0.2) is 29.2 Å². The van der Waals surface area contributed by atoms with E-state index in [1.54, 1.807) is 18.2 Å². The maximum absolute atomic E-state index is 13.1. The number of amides is 1. The van der Waals surface area contributed by atoms with Crippen LogP contribution in [0.3, 0.4) is 0 Å². The highest BCUT2D eigenvalue weighted by Crippen LogP contribution is 2.37. The molecule has 9 heteroatoms. The lowest BCUT2D eigenvalue weighted by atomic mass is 9.82. The number of benzene rings is 2. The third-order valence-electron chi connectivity index (χ3n) is 6.03. The molecule has 0 radical (unpaired) electrons. The lowest BCUT2D eigenvalue weighted by molar-refractivity contribution is 0.0932. The monoisotopic (exact) mass is 483 g/mol. The summed E-state index contributed by atoms with van der Waals surface area (Å²) in [4.78, 5) is 23.2. The van der Waals surface area contributed by atoms with Gasteiger partial charge in [0.05, 0.1) is 15.7 Å². The van der Waals surface area contributed by atoms with E-state index in [9.17, 15) is 4.79 Å². The van der Waals surface area contributed by atoms with E-state index < -0.39 is 0 Å². The number of fused-ring (bicyclic) bond motifs is 2. The fourth-order valence-corrected chi connectivity index (χ4v) is 5.28. The van der Waals surface area contributed by atoms with E-state index in [2.05, 4.69) is 53.5 Å². The van der Waals surface area contributed by atoms with E-state index in [1.807, 2.05) is 0 Å². The normalized spacial score (nSPS) is 16.6. The van der Waals surface area contributed by atoms with Crippen LogP contribution in [0.4, 0.5) is 17.3 Å². The molecule has 2 aliphatic rings. The zero-order chi connectivity index (χ0) is 23.3. The minimum atomic E-state index is -0.322. The molecule has 0 aliphatic carbocycles. The van der Waals surface area contributed by atoms with E-state index in [0.29, 0.717) is 21.7 Å². The summed E-state index contributed by atoms with van der Waals surface area (Å²) >= 11 is 12.5. The molecule has 2 aromatic carbocycles. The van der Waals surface area contributed by atoms with Crippen LogP contribution in [-0.2, 0) is 12.0 Å². The predicted octanol–water partition coefficient (Wildman–Crippen LogP) is 5.21. The third kappa shape index (κ3) is 3.90. The summed E-state index contributed by atoms with van der Waals surface area (Å²) in [6, 6.07) is 9.29. The number of ether oxygens (including phenoxy) is 1. The van der Waals surface area contributed by atoms with Crippen molar-refractivity contribution in [1.82, 2.24) is 15.3 Å². The Morgan fingerprint density at radius 3 is 2.73 bits per heavy atom. The van der Waals surface area contributed by atoms with Crippen LogP contribution in [0.5, 0.6) is 5.88 Å². The Bertz CT molecular complexity index is 1260. The van der Waals surface area contributed by atoms with Gasteiger partial charge in [-0.2, -0.15) is 4.98 Å². The second-order valence-electron chi connectivity index (χ2n) is 8.74. The summed E-state index contributed by atoms with van der Waals surface area (Å²) in [5, 5.41) is 7.56. The first-order chi connectivity index (χ1) is 15.7. The van der Waals surface area contributed by atoms with Gasteiger partial charge in [-0.3, -0.25) is 9.69 Å². The van der Waals surface area contributed by atoms with Crippen molar-refractivity contribution in [3.05, 3.63) is 68.8 Å². The fraction of sp³-hybridized carbons (Fsp3) is 0.292. The number of rotatable bonds is 3. The molecule has 0 bridgehead atoms. The van der Waals surface area contributed by atoms with E-state index in [0.717, 1.165) is 18.7 Å². The van der Waals surface area contributed by atoms with E-state index in [4.69, 9.17) is 27.9 Å². The quantitative estimate of drug-likeness (QED) is 0.531. The first kappa shape index (κ1) is 21.9. The Balaban J connectivity index is 1.42. The van der Waals surface area contributed by atoms with E-state index >= 15 is 0 Å². The summed E-state index contributed by atoms with van der Waals surface area (Å²) in [6.45, 7) is 7.39. The number of nitrogens with zero attached hydrogens (tertiary/aromatic N) is 3. The highest BCUT2D eigenvalue weighted by Gasteiger charge is 2.32. The topological polar surface area (TPSA) is 79.4 Å². The number of nitrogens with one attached hydrogen (secondary N) is 2. The van der Waals surface area contributed by atoms with Gasteiger partial charge in [0, 0.05) is 17.4 Å². The van der Waals surface area contributed by atoms with Gasteiger partial charge in [0.25, 0.3) is 5.91 Å². The zero-order valence-electron chi connectivity index (χ0n) is 18.5. The number of carbonyl (C=O) groups excluding carboxylic acids is 1. The van der Waals surface area contributed by atoms with Crippen molar-refractivity contribution in [2.45, 2.75) is 32.7 Å². The maximum Gasteiger partial charge on any atom is 0.268 e. The van der Waals surface area contributed by atoms with Gasteiger partial charge >= 0.3 is 0 Å². The van der Waals surface area contributed by atoms with Gasteiger partial charge in [0.1, 0.15) is 5.56 Å². The summed E-state index contributed by atoms with van der Waals surface area (Å²) in [5.74, 6) is 0.257. The Morgan fingerprint density at radius 1 is 1.21 bits per heavy atom.